The van der Waals surface area contributed by atoms with E-state index in [4.69, 9.17) is 0 Å². The molecule has 3 rings (SSSR count). The highest BCUT2D eigenvalue weighted by atomic mass is 16.3. The van der Waals surface area contributed by atoms with Gasteiger partial charge in [-0.2, -0.15) is 5.10 Å². The topological polar surface area (TPSA) is 64.9 Å². The molecule has 2 aliphatic rings. The summed E-state index contributed by atoms with van der Waals surface area (Å²) in [7, 11) is 0. The Labute approximate surface area is 98.7 Å². The van der Waals surface area contributed by atoms with Crippen LogP contribution in [0.15, 0.2) is 29.4 Å². The van der Waals surface area contributed by atoms with Crippen LogP contribution in [0.5, 0.6) is 5.75 Å². The SMILES string of the molecule is O=C1C2CCNCC2=NN1c1cccc(O)c1. The third-order valence-corrected chi connectivity index (χ3v) is 3.13. The third-order valence-electron chi connectivity index (χ3n) is 3.13. The molecule has 1 aromatic carbocycles. The van der Waals surface area contributed by atoms with E-state index in [1.165, 1.54) is 5.01 Å². The van der Waals surface area contributed by atoms with Crippen LogP contribution in [0, 0.1) is 5.92 Å². The van der Waals surface area contributed by atoms with E-state index in [-0.39, 0.29) is 17.6 Å². The number of aromatic hydroxyl groups is 1. The number of hydrazone groups is 1. The Morgan fingerprint density at radius 3 is 3.12 bits per heavy atom. The molecule has 5 nitrogen and oxygen atoms in total. The molecular weight excluding hydrogens is 218 g/mol. The van der Waals surface area contributed by atoms with Gasteiger partial charge in [0.25, 0.3) is 5.91 Å². The summed E-state index contributed by atoms with van der Waals surface area (Å²) in [5.74, 6) is 0.0641. The van der Waals surface area contributed by atoms with Gasteiger partial charge < -0.3 is 10.4 Å². The summed E-state index contributed by atoms with van der Waals surface area (Å²) in [6, 6.07) is 6.60. The zero-order valence-electron chi connectivity index (χ0n) is 9.26. The molecule has 2 aliphatic heterocycles. The van der Waals surface area contributed by atoms with Gasteiger partial charge in [-0.05, 0) is 25.1 Å². The van der Waals surface area contributed by atoms with Crippen molar-refractivity contribution in [2.45, 2.75) is 6.42 Å². The molecule has 2 N–H and O–H groups in total. The first-order valence-electron chi connectivity index (χ1n) is 5.67. The van der Waals surface area contributed by atoms with Crippen molar-refractivity contribution < 1.29 is 9.90 Å². The summed E-state index contributed by atoms with van der Waals surface area (Å²) >= 11 is 0. The second kappa shape index (κ2) is 3.85. The molecule has 5 heteroatoms. The zero-order chi connectivity index (χ0) is 11.8. The van der Waals surface area contributed by atoms with Crippen molar-refractivity contribution in [2.24, 2.45) is 11.0 Å². The molecular formula is C12H13N3O2. The second-order valence-electron chi connectivity index (χ2n) is 4.28. The lowest BCUT2D eigenvalue weighted by atomic mass is 9.96. The Hall–Kier alpha value is -1.88. The number of hydrogen-bond acceptors (Lipinski definition) is 4. The maximum atomic E-state index is 12.2. The molecule has 2 heterocycles. The van der Waals surface area contributed by atoms with Crippen LogP contribution in [0.1, 0.15) is 6.42 Å². The normalized spacial score (nSPS) is 23.5. The molecule has 0 bridgehead atoms. The van der Waals surface area contributed by atoms with Gasteiger partial charge >= 0.3 is 0 Å². The Kier molecular flexibility index (Phi) is 2.33. The summed E-state index contributed by atoms with van der Waals surface area (Å²) in [6.07, 6.45) is 0.799. The number of fused-ring (bicyclic) bond motifs is 1. The highest BCUT2D eigenvalue weighted by Gasteiger charge is 2.37. The maximum Gasteiger partial charge on any atom is 0.256 e. The van der Waals surface area contributed by atoms with Gasteiger partial charge in [0.2, 0.25) is 0 Å². The first kappa shape index (κ1) is 10.3. The minimum atomic E-state index is -0.0846. The van der Waals surface area contributed by atoms with E-state index in [1.54, 1.807) is 24.3 Å². The number of hydrogen-bond donors (Lipinski definition) is 2. The fraction of sp³-hybridized carbons (Fsp3) is 0.333. The predicted molar refractivity (Wildman–Crippen MR) is 64.0 cm³/mol. The van der Waals surface area contributed by atoms with Gasteiger partial charge in [-0.3, -0.25) is 4.79 Å². The number of rotatable bonds is 1. The number of carbonyl (C=O) groups is 1. The number of nitrogens with one attached hydrogen (secondary N) is 1. The minimum absolute atomic E-state index is 0.00657. The molecule has 1 amide bonds. The van der Waals surface area contributed by atoms with Crippen molar-refractivity contribution in [1.82, 2.24) is 5.32 Å². The summed E-state index contributed by atoms with van der Waals surface area (Å²) in [4.78, 5) is 12.2. The number of nitrogens with zero attached hydrogens (tertiary/aromatic N) is 2. The van der Waals surface area contributed by atoms with Crippen molar-refractivity contribution in [3.63, 3.8) is 0 Å². The predicted octanol–water partition coefficient (Wildman–Crippen LogP) is 0.704. The van der Waals surface area contributed by atoms with E-state index in [0.717, 1.165) is 18.7 Å². The van der Waals surface area contributed by atoms with E-state index in [2.05, 4.69) is 10.4 Å². The van der Waals surface area contributed by atoms with Crippen molar-refractivity contribution in [2.75, 3.05) is 18.1 Å². The highest BCUT2D eigenvalue weighted by Crippen LogP contribution is 2.28. The van der Waals surface area contributed by atoms with Crippen molar-refractivity contribution in [1.29, 1.82) is 0 Å². The first-order chi connectivity index (χ1) is 8.25. The van der Waals surface area contributed by atoms with E-state index in [1.807, 2.05) is 0 Å². The molecule has 17 heavy (non-hydrogen) atoms. The van der Waals surface area contributed by atoms with Crippen LogP contribution in [0.3, 0.4) is 0 Å². The molecule has 1 atom stereocenters. The van der Waals surface area contributed by atoms with Crippen LogP contribution in [0.2, 0.25) is 0 Å². The van der Waals surface area contributed by atoms with Crippen LogP contribution in [0.25, 0.3) is 0 Å². The number of piperidine rings is 1. The van der Waals surface area contributed by atoms with Gasteiger partial charge in [0, 0.05) is 12.6 Å². The number of carbonyl (C=O) groups excluding carboxylic acids is 1. The van der Waals surface area contributed by atoms with Gasteiger partial charge in [0.1, 0.15) is 5.75 Å². The Balaban J connectivity index is 1.94. The van der Waals surface area contributed by atoms with Gasteiger partial charge in [-0.1, -0.05) is 6.07 Å². The van der Waals surface area contributed by atoms with Crippen molar-refractivity contribution >= 4 is 17.3 Å². The smallest absolute Gasteiger partial charge is 0.256 e. The molecule has 0 aliphatic carbocycles. The number of anilines is 1. The quantitative estimate of drug-likeness (QED) is 0.748. The van der Waals surface area contributed by atoms with Crippen LogP contribution in [0.4, 0.5) is 5.69 Å². The van der Waals surface area contributed by atoms with Crippen molar-refractivity contribution in [3.05, 3.63) is 24.3 Å². The van der Waals surface area contributed by atoms with Gasteiger partial charge in [-0.15, -0.1) is 0 Å². The fourth-order valence-electron chi connectivity index (χ4n) is 2.26. The number of benzene rings is 1. The largest absolute Gasteiger partial charge is 0.508 e. The van der Waals surface area contributed by atoms with E-state index < -0.39 is 0 Å². The monoisotopic (exact) mass is 231 g/mol. The number of phenols is 1. The molecule has 0 spiro atoms. The highest BCUT2D eigenvalue weighted by molar-refractivity contribution is 6.16. The molecule has 1 unspecified atom stereocenters. The van der Waals surface area contributed by atoms with Crippen LogP contribution >= 0.6 is 0 Å². The summed E-state index contributed by atoms with van der Waals surface area (Å²) in [6.45, 7) is 1.52. The first-order valence-corrected chi connectivity index (χ1v) is 5.67. The summed E-state index contributed by atoms with van der Waals surface area (Å²) < 4.78 is 0. The Morgan fingerprint density at radius 2 is 2.35 bits per heavy atom. The standard InChI is InChI=1S/C12H13N3O2/c16-9-3-1-2-8(6-9)15-12(17)10-4-5-13-7-11(10)14-15/h1-3,6,10,13,16H,4-5,7H2. The Morgan fingerprint density at radius 1 is 1.47 bits per heavy atom. The molecule has 1 fully saturated rings. The van der Waals surface area contributed by atoms with E-state index in [0.29, 0.717) is 12.2 Å². The third kappa shape index (κ3) is 1.68. The molecule has 0 radical (unpaired) electrons. The number of phenolic OH excluding ortho intramolecular Hbond substituents is 1. The van der Waals surface area contributed by atoms with Crippen LogP contribution < -0.4 is 10.3 Å². The Bertz CT molecular complexity index is 498. The van der Waals surface area contributed by atoms with Gasteiger partial charge in [-0.25, -0.2) is 5.01 Å². The summed E-state index contributed by atoms with van der Waals surface area (Å²) in [5, 5.41) is 18.3. The minimum Gasteiger partial charge on any atom is -0.508 e. The number of amides is 1. The average Bonchev–Trinajstić information content (AvgIpc) is 2.68. The second-order valence-corrected chi connectivity index (χ2v) is 4.28. The average molecular weight is 231 g/mol. The van der Waals surface area contributed by atoms with Crippen molar-refractivity contribution in [3.8, 4) is 5.75 Å². The molecule has 88 valence electrons. The van der Waals surface area contributed by atoms with E-state index >= 15 is 0 Å². The molecule has 1 saturated heterocycles. The fourth-order valence-corrected chi connectivity index (χ4v) is 2.26. The van der Waals surface area contributed by atoms with Crippen LogP contribution in [-0.4, -0.2) is 29.8 Å². The van der Waals surface area contributed by atoms with Crippen LogP contribution in [-0.2, 0) is 4.79 Å². The summed E-state index contributed by atoms with van der Waals surface area (Å²) in [5.41, 5.74) is 1.52. The van der Waals surface area contributed by atoms with E-state index in [9.17, 15) is 9.90 Å². The molecule has 0 saturated carbocycles. The lowest BCUT2D eigenvalue weighted by molar-refractivity contribution is -0.120. The maximum absolute atomic E-state index is 12.2. The van der Waals surface area contributed by atoms with Gasteiger partial charge in [0.05, 0.1) is 17.3 Å². The molecule has 0 aromatic heterocycles. The lowest BCUT2D eigenvalue weighted by Crippen LogP contribution is -2.38. The lowest BCUT2D eigenvalue weighted by Gasteiger charge is -2.18. The van der Waals surface area contributed by atoms with Gasteiger partial charge in [0.15, 0.2) is 0 Å². The molecule has 1 aromatic rings. The zero-order valence-corrected chi connectivity index (χ0v) is 9.26.